The van der Waals surface area contributed by atoms with E-state index in [1.165, 1.54) is 11.3 Å². The molecule has 2 heterocycles. The molecule has 0 atom stereocenters. The summed E-state index contributed by atoms with van der Waals surface area (Å²) in [4.78, 5) is 16.2. The first-order valence-corrected chi connectivity index (χ1v) is 6.77. The Bertz CT molecular complexity index is 786. The molecule has 0 radical (unpaired) electrons. The van der Waals surface area contributed by atoms with Crippen molar-refractivity contribution in [1.82, 2.24) is 10.3 Å². The number of hydrogen-bond acceptors (Lipinski definition) is 5. The van der Waals surface area contributed by atoms with Gasteiger partial charge in [-0.15, -0.1) is 11.3 Å². The van der Waals surface area contributed by atoms with Gasteiger partial charge in [-0.2, -0.15) is 0 Å². The van der Waals surface area contributed by atoms with Crippen molar-refractivity contribution in [1.29, 1.82) is 0 Å². The zero-order chi connectivity index (χ0) is 14.1. The molecule has 6 nitrogen and oxygen atoms in total. The van der Waals surface area contributed by atoms with Crippen molar-refractivity contribution in [3.63, 3.8) is 0 Å². The van der Waals surface area contributed by atoms with Gasteiger partial charge >= 0.3 is 11.3 Å². The molecular weight excluding hydrogens is 278 g/mol. The molecule has 102 valence electrons. The molecule has 0 unspecified atom stereocenters. The molecule has 0 fully saturated rings. The minimum Gasteiger partial charge on any atom is -0.497 e. The Morgan fingerprint density at radius 2 is 2.10 bits per heavy atom. The van der Waals surface area contributed by atoms with Crippen LogP contribution in [-0.2, 0) is 0 Å². The normalized spacial score (nSPS) is 10.7. The Hall–Kier alpha value is -2.41. The molecule has 0 aliphatic heterocycles. The van der Waals surface area contributed by atoms with Crippen molar-refractivity contribution in [3.8, 4) is 22.8 Å². The van der Waals surface area contributed by atoms with Crippen LogP contribution >= 0.6 is 11.3 Å². The number of hydrogen-bond donors (Lipinski definition) is 1. The number of nitrogens with one attached hydrogen (secondary N) is 1. The summed E-state index contributed by atoms with van der Waals surface area (Å²) >= 11 is 1.48. The van der Waals surface area contributed by atoms with Crippen LogP contribution in [0.5, 0.6) is 5.75 Å². The number of rotatable bonds is 3. The van der Waals surface area contributed by atoms with Crippen LogP contribution in [0.1, 0.15) is 5.01 Å². The zero-order valence-electron chi connectivity index (χ0n) is 10.9. The fourth-order valence-electron chi connectivity index (χ4n) is 1.88. The number of aryl methyl sites for hydroxylation is 1. The van der Waals surface area contributed by atoms with Crippen molar-refractivity contribution >= 4 is 11.3 Å². The van der Waals surface area contributed by atoms with E-state index in [1.807, 2.05) is 36.6 Å². The average molecular weight is 290 g/mol. The molecule has 2 aromatic heterocycles. The first-order valence-electron chi connectivity index (χ1n) is 5.89. The van der Waals surface area contributed by atoms with Crippen LogP contribution in [0.3, 0.4) is 0 Å². The largest absolute Gasteiger partial charge is 0.497 e. The maximum atomic E-state index is 11.9. The summed E-state index contributed by atoms with van der Waals surface area (Å²) in [5.41, 5.74) is 1.28. The minimum atomic E-state index is -0.453. The van der Waals surface area contributed by atoms with Gasteiger partial charge in [-0.3, -0.25) is 4.52 Å². The Morgan fingerprint density at radius 1 is 1.35 bits per heavy atom. The maximum absolute atomic E-state index is 11.9. The number of nitrogens with zero attached hydrogens (tertiary/aromatic N) is 2. The SMILES string of the molecule is COc1ccc(-[n+]2[nH]oc(=O)c2-c2csc(C)n2)cc1. The van der Waals surface area contributed by atoms with Gasteiger partial charge in [-0.1, -0.05) is 0 Å². The highest BCUT2D eigenvalue weighted by atomic mass is 32.1. The Morgan fingerprint density at radius 3 is 2.70 bits per heavy atom. The van der Waals surface area contributed by atoms with E-state index in [2.05, 4.69) is 10.3 Å². The van der Waals surface area contributed by atoms with E-state index in [4.69, 9.17) is 9.26 Å². The van der Waals surface area contributed by atoms with Gasteiger partial charge in [0.1, 0.15) is 5.75 Å². The topological polar surface area (TPSA) is 72.0 Å². The van der Waals surface area contributed by atoms with Crippen molar-refractivity contribution in [2.24, 2.45) is 0 Å². The van der Waals surface area contributed by atoms with E-state index in [9.17, 15) is 4.79 Å². The lowest BCUT2D eigenvalue weighted by Gasteiger charge is -1.97. The van der Waals surface area contributed by atoms with Gasteiger partial charge in [0.2, 0.25) is 5.69 Å². The molecule has 0 saturated carbocycles. The van der Waals surface area contributed by atoms with Gasteiger partial charge in [-0.25, -0.2) is 9.78 Å². The average Bonchev–Trinajstić information content (AvgIpc) is 3.05. The standard InChI is InChI=1S/C13H11N3O3S/c1-8-14-11(7-20-8)12-13(17)19-15-16(12)9-3-5-10(18-2)6-4-9/h3-7H,1-2H3/p+1. The summed E-state index contributed by atoms with van der Waals surface area (Å²) in [5.74, 6) is 0.742. The van der Waals surface area contributed by atoms with Gasteiger partial charge in [-0.05, 0) is 29.0 Å². The molecule has 0 aliphatic carbocycles. The number of ether oxygens (including phenoxy) is 1. The van der Waals surface area contributed by atoms with E-state index in [1.54, 1.807) is 11.8 Å². The Balaban J connectivity index is 2.12. The van der Waals surface area contributed by atoms with Gasteiger partial charge in [0, 0.05) is 17.5 Å². The molecular formula is C13H12N3O3S+. The van der Waals surface area contributed by atoms with Crippen molar-refractivity contribution in [2.75, 3.05) is 7.11 Å². The quantitative estimate of drug-likeness (QED) is 0.745. The number of thiazole rings is 1. The fourth-order valence-corrected chi connectivity index (χ4v) is 2.47. The van der Waals surface area contributed by atoms with Crippen molar-refractivity contribution in [3.05, 3.63) is 45.1 Å². The molecule has 0 bridgehead atoms. The molecule has 0 aliphatic rings. The molecule has 1 aromatic carbocycles. The molecule has 0 saturated heterocycles. The van der Waals surface area contributed by atoms with Crippen LogP contribution in [-0.4, -0.2) is 17.4 Å². The number of benzene rings is 1. The first kappa shape index (κ1) is 12.6. The molecule has 20 heavy (non-hydrogen) atoms. The molecule has 3 aromatic rings. The maximum Gasteiger partial charge on any atom is 0.437 e. The number of methoxy groups -OCH3 is 1. The monoisotopic (exact) mass is 290 g/mol. The van der Waals surface area contributed by atoms with E-state index in [0.717, 1.165) is 16.4 Å². The second-order valence-corrected chi connectivity index (χ2v) is 5.18. The van der Waals surface area contributed by atoms with Crippen molar-refractivity contribution < 1.29 is 13.9 Å². The van der Waals surface area contributed by atoms with Crippen LogP contribution < -0.4 is 15.0 Å². The zero-order valence-corrected chi connectivity index (χ0v) is 11.7. The molecule has 3 rings (SSSR count). The highest BCUT2D eigenvalue weighted by Gasteiger charge is 2.27. The van der Waals surface area contributed by atoms with Crippen LogP contribution in [0.2, 0.25) is 0 Å². The van der Waals surface area contributed by atoms with Crippen LogP contribution in [0.25, 0.3) is 17.1 Å². The lowest BCUT2D eigenvalue weighted by molar-refractivity contribution is -0.660. The molecule has 1 N–H and O–H groups in total. The van der Waals surface area contributed by atoms with E-state index < -0.39 is 5.63 Å². The Labute approximate surface area is 118 Å². The second kappa shape index (κ2) is 4.93. The van der Waals surface area contributed by atoms with E-state index in [0.29, 0.717) is 11.4 Å². The van der Waals surface area contributed by atoms with E-state index >= 15 is 0 Å². The number of aromatic amines is 1. The van der Waals surface area contributed by atoms with Crippen LogP contribution in [0.15, 0.2) is 39.0 Å². The van der Waals surface area contributed by atoms with E-state index in [-0.39, 0.29) is 0 Å². The summed E-state index contributed by atoms with van der Waals surface area (Å²) in [6.45, 7) is 1.89. The van der Waals surface area contributed by atoms with Crippen molar-refractivity contribution in [2.45, 2.75) is 6.92 Å². The minimum absolute atomic E-state index is 0.375. The summed E-state index contributed by atoms with van der Waals surface area (Å²) in [5, 5.41) is 5.31. The summed E-state index contributed by atoms with van der Waals surface area (Å²) in [6, 6.07) is 7.27. The summed E-state index contributed by atoms with van der Waals surface area (Å²) in [6.07, 6.45) is 0. The fraction of sp³-hybridized carbons (Fsp3) is 0.154. The van der Waals surface area contributed by atoms with Gasteiger partial charge < -0.3 is 4.74 Å². The number of aromatic nitrogens is 3. The highest BCUT2D eigenvalue weighted by molar-refractivity contribution is 7.09. The first-order chi connectivity index (χ1) is 9.69. The third kappa shape index (κ3) is 2.12. The summed E-state index contributed by atoms with van der Waals surface area (Å²) < 4.78 is 11.6. The highest BCUT2D eigenvalue weighted by Crippen LogP contribution is 2.17. The third-order valence-corrected chi connectivity index (χ3v) is 3.61. The smallest absolute Gasteiger partial charge is 0.437 e. The van der Waals surface area contributed by atoms with Crippen LogP contribution in [0.4, 0.5) is 0 Å². The predicted octanol–water partition coefficient (Wildman–Crippen LogP) is 1.69. The van der Waals surface area contributed by atoms with Crippen LogP contribution in [0, 0.1) is 6.92 Å². The molecule has 0 spiro atoms. The second-order valence-electron chi connectivity index (χ2n) is 4.11. The predicted molar refractivity (Wildman–Crippen MR) is 73.3 cm³/mol. The summed E-state index contributed by atoms with van der Waals surface area (Å²) in [7, 11) is 1.60. The molecule has 7 heteroatoms. The number of H-pyrrole nitrogens is 1. The molecule has 0 amide bonds. The van der Waals surface area contributed by atoms with Gasteiger partial charge in [0.15, 0.2) is 5.69 Å². The third-order valence-electron chi connectivity index (χ3n) is 2.84. The van der Waals surface area contributed by atoms with Gasteiger partial charge in [0.05, 0.1) is 12.1 Å². The lowest BCUT2D eigenvalue weighted by atomic mass is 10.3. The lowest BCUT2D eigenvalue weighted by Crippen LogP contribution is -2.36. The van der Waals surface area contributed by atoms with Gasteiger partial charge in [0.25, 0.3) is 0 Å². The Kier molecular flexibility index (Phi) is 3.11.